The molecule has 0 saturated heterocycles. The van der Waals surface area contributed by atoms with Crippen LogP contribution in [0.2, 0.25) is 0 Å². The molecule has 1 aromatic heterocycles. The molecule has 103 valence electrons. The van der Waals surface area contributed by atoms with Crippen molar-refractivity contribution in [2.75, 3.05) is 7.11 Å². The lowest BCUT2D eigenvalue weighted by atomic mass is 10.1. The van der Waals surface area contributed by atoms with Crippen LogP contribution in [0.1, 0.15) is 32.4 Å². The number of ether oxygens (including phenoxy) is 1. The zero-order valence-electron chi connectivity index (χ0n) is 11.8. The van der Waals surface area contributed by atoms with Crippen molar-refractivity contribution in [1.29, 1.82) is 0 Å². The second kappa shape index (κ2) is 9.25. The molecule has 0 spiro atoms. The molecule has 1 aromatic carbocycles. The third-order valence-electron chi connectivity index (χ3n) is 2.58. The van der Waals surface area contributed by atoms with Crippen LogP contribution in [-0.2, 0) is 0 Å². The smallest absolute Gasteiger partial charge is 0.143 e. The van der Waals surface area contributed by atoms with Gasteiger partial charge in [-0.25, -0.2) is 4.98 Å². The van der Waals surface area contributed by atoms with Gasteiger partial charge in [-0.3, -0.25) is 0 Å². The van der Waals surface area contributed by atoms with Crippen LogP contribution in [0.15, 0.2) is 30.9 Å². The van der Waals surface area contributed by atoms with Gasteiger partial charge in [0.05, 0.1) is 19.1 Å². The largest absolute Gasteiger partial charge is 0.495 e. The molecule has 0 fully saturated rings. The highest BCUT2D eigenvalue weighted by atomic mass is 16.5. The van der Waals surface area contributed by atoms with E-state index in [4.69, 9.17) is 4.74 Å². The first-order valence-corrected chi connectivity index (χ1v) is 5.86. The normalized spacial score (nSPS) is 8.47. The standard InChI is InChI=1S/C12H14N2O.C2H6.CH4.B/c1-9-6-11(14-5-4-13-8-14)12(15-3)7-10(9)2;1-2;;/h4-8H,1-3H3;1-2H3;1H4;. The van der Waals surface area contributed by atoms with Crippen LogP contribution >= 0.6 is 0 Å². The molecule has 0 atom stereocenters. The van der Waals surface area contributed by atoms with Gasteiger partial charge in [0.2, 0.25) is 0 Å². The lowest BCUT2D eigenvalue weighted by Crippen LogP contribution is -1.97. The van der Waals surface area contributed by atoms with Gasteiger partial charge >= 0.3 is 0 Å². The lowest BCUT2D eigenvalue weighted by Gasteiger charge is -2.11. The van der Waals surface area contributed by atoms with Gasteiger partial charge in [0.1, 0.15) is 5.75 Å². The van der Waals surface area contributed by atoms with Crippen molar-refractivity contribution in [2.45, 2.75) is 35.1 Å². The first kappa shape index (κ1) is 19.6. The van der Waals surface area contributed by atoms with Crippen molar-refractivity contribution in [3.8, 4) is 11.4 Å². The monoisotopic (exact) mass is 259 g/mol. The molecule has 1 heterocycles. The molecule has 0 saturated carbocycles. The second-order valence-corrected chi connectivity index (χ2v) is 3.58. The number of nitrogens with zero attached hydrogens (tertiary/aromatic N) is 2. The predicted octanol–water partition coefficient (Wildman–Crippen LogP) is 3.78. The zero-order chi connectivity index (χ0) is 12.8. The first-order chi connectivity index (χ1) is 8.22. The van der Waals surface area contributed by atoms with Crippen LogP contribution in [0.4, 0.5) is 0 Å². The van der Waals surface area contributed by atoms with E-state index < -0.39 is 0 Å². The zero-order valence-corrected chi connectivity index (χ0v) is 11.8. The summed E-state index contributed by atoms with van der Waals surface area (Å²) >= 11 is 0. The van der Waals surface area contributed by atoms with Gasteiger partial charge in [0.15, 0.2) is 0 Å². The maximum Gasteiger partial charge on any atom is 0.143 e. The molecule has 0 bridgehead atoms. The van der Waals surface area contributed by atoms with Crippen molar-refractivity contribution in [3.63, 3.8) is 0 Å². The summed E-state index contributed by atoms with van der Waals surface area (Å²) in [4.78, 5) is 4.03. The molecule has 0 aliphatic carbocycles. The minimum absolute atomic E-state index is 0. The number of aryl methyl sites for hydroxylation is 2. The minimum atomic E-state index is 0. The molecule has 0 N–H and O–H groups in total. The Morgan fingerprint density at radius 2 is 1.68 bits per heavy atom. The molecule has 0 aliphatic rings. The molecule has 4 heteroatoms. The minimum Gasteiger partial charge on any atom is -0.495 e. The molecule has 3 nitrogen and oxygen atoms in total. The highest BCUT2D eigenvalue weighted by Crippen LogP contribution is 2.26. The molecule has 0 unspecified atom stereocenters. The summed E-state index contributed by atoms with van der Waals surface area (Å²) in [7, 11) is 1.69. The summed E-state index contributed by atoms with van der Waals surface area (Å²) in [6.07, 6.45) is 5.44. The van der Waals surface area contributed by atoms with Gasteiger partial charge in [-0.1, -0.05) is 21.3 Å². The highest BCUT2D eigenvalue weighted by molar-refractivity contribution is 5.75. The van der Waals surface area contributed by atoms with Crippen LogP contribution in [0, 0.1) is 13.8 Å². The van der Waals surface area contributed by atoms with E-state index in [9.17, 15) is 0 Å². The summed E-state index contributed by atoms with van der Waals surface area (Å²) in [5.41, 5.74) is 3.51. The summed E-state index contributed by atoms with van der Waals surface area (Å²) in [5, 5.41) is 0. The third kappa shape index (κ3) is 4.47. The van der Waals surface area contributed by atoms with E-state index in [0.29, 0.717) is 0 Å². The average molecular weight is 259 g/mol. The third-order valence-corrected chi connectivity index (χ3v) is 2.58. The fraction of sp³-hybridized carbons (Fsp3) is 0.400. The Balaban J connectivity index is 0. The molecular weight excluding hydrogens is 235 g/mol. The Kier molecular flexibility index (Phi) is 9.56. The van der Waals surface area contributed by atoms with Crippen LogP contribution in [0.5, 0.6) is 5.75 Å². The number of hydrogen-bond acceptors (Lipinski definition) is 2. The number of aromatic nitrogens is 2. The summed E-state index contributed by atoms with van der Waals surface area (Å²) in [6, 6.07) is 4.15. The molecule has 19 heavy (non-hydrogen) atoms. The van der Waals surface area contributed by atoms with E-state index in [1.54, 1.807) is 19.6 Å². The SMILES string of the molecule is C.CC.COc1cc(C)c(C)cc1-n1ccnc1.[B]. The summed E-state index contributed by atoms with van der Waals surface area (Å²) in [6.45, 7) is 8.17. The van der Waals surface area contributed by atoms with E-state index in [1.807, 2.05) is 30.7 Å². The fourth-order valence-corrected chi connectivity index (χ4v) is 1.54. The van der Waals surface area contributed by atoms with E-state index >= 15 is 0 Å². The summed E-state index contributed by atoms with van der Waals surface area (Å²) < 4.78 is 7.31. The van der Waals surface area contributed by atoms with Crippen LogP contribution in [0.3, 0.4) is 0 Å². The van der Waals surface area contributed by atoms with Gasteiger partial charge in [0, 0.05) is 20.8 Å². The predicted molar refractivity (Wildman–Crippen MR) is 83.4 cm³/mol. The number of methoxy groups -OCH3 is 1. The Morgan fingerprint density at radius 1 is 1.11 bits per heavy atom. The maximum absolute atomic E-state index is 5.36. The average Bonchev–Trinajstić information content (AvgIpc) is 2.88. The van der Waals surface area contributed by atoms with Crippen molar-refractivity contribution in [2.24, 2.45) is 0 Å². The van der Waals surface area contributed by atoms with E-state index in [0.717, 1.165) is 11.4 Å². The van der Waals surface area contributed by atoms with Gasteiger partial charge in [-0.2, -0.15) is 0 Å². The van der Waals surface area contributed by atoms with Crippen LogP contribution in [0.25, 0.3) is 5.69 Å². The van der Waals surface area contributed by atoms with Crippen molar-refractivity contribution in [3.05, 3.63) is 42.0 Å². The van der Waals surface area contributed by atoms with Gasteiger partial charge in [0.25, 0.3) is 0 Å². The summed E-state index contributed by atoms with van der Waals surface area (Å²) in [5.74, 6) is 0.871. The molecule has 0 amide bonds. The van der Waals surface area contributed by atoms with Gasteiger partial charge < -0.3 is 9.30 Å². The van der Waals surface area contributed by atoms with Gasteiger partial charge in [-0.05, 0) is 37.1 Å². The van der Waals surface area contributed by atoms with E-state index in [1.165, 1.54) is 11.1 Å². The maximum atomic E-state index is 5.36. The van der Waals surface area contributed by atoms with Crippen molar-refractivity contribution >= 4 is 8.41 Å². The van der Waals surface area contributed by atoms with E-state index in [2.05, 4.69) is 24.9 Å². The number of hydrogen-bond donors (Lipinski definition) is 0. The molecule has 3 radical (unpaired) electrons. The van der Waals surface area contributed by atoms with Crippen LogP contribution in [-0.4, -0.2) is 25.1 Å². The Morgan fingerprint density at radius 3 is 2.16 bits per heavy atom. The van der Waals surface area contributed by atoms with Gasteiger partial charge in [-0.15, -0.1) is 0 Å². The number of benzene rings is 1. The molecule has 2 rings (SSSR count). The Hall–Kier alpha value is -1.71. The second-order valence-electron chi connectivity index (χ2n) is 3.58. The molecular formula is C15H24BN2O. The van der Waals surface area contributed by atoms with Crippen molar-refractivity contribution in [1.82, 2.24) is 9.55 Å². The molecule has 0 aliphatic heterocycles. The number of imidazole rings is 1. The number of rotatable bonds is 2. The first-order valence-electron chi connectivity index (χ1n) is 5.86. The fourth-order valence-electron chi connectivity index (χ4n) is 1.54. The Bertz CT molecular complexity index is 467. The molecule has 2 aromatic rings. The topological polar surface area (TPSA) is 27.1 Å². The van der Waals surface area contributed by atoms with Crippen LogP contribution < -0.4 is 4.74 Å². The van der Waals surface area contributed by atoms with Crippen molar-refractivity contribution < 1.29 is 4.74 Å². The highest BCUT2D eigenvalue weighted by Gasteiger charge is 2.06. The Labute approximate surface area is 119 Å². The lowest BCUT2D eigenvalue weighted by molar-refractivity contribution is 0.412. The van der Waals surface area contributed by atoms with E-state index in [-0.39, 0.29) is 15.8 Å². The quantitative estimate of drug-likeness (QED) is 0.767.